The fourth-order valence-corrected chi connectivity index (χ4v) is 2.03. The summed E-state index contributed by atoms with van der Waals surface area (Å²) < 4.78 is 5.22. The number of carbonyl (C=O) groups excluding carboxylic acids is 1. The van der Waals surface area contributed by atoms with Crippen LogP contribution in [0.3, 0.4) is 0 Å². The summed E-state index contributed by atoms with van der Waals surface area (Å²) in [5.41, 5.74) is 1.97. The summed E-state index contributed by atoms with van der Waals surface area (Å²) in [4.78, 5) is 11.8. The van der Waals surface area contributed by atoms with Crippen LogP contribution in [0.2, 0.25) is 0 Å². The number of urea groups is 1. The van der Waals surface area contributed by atoms with E-state index in [2.05, 4.69) is 22.9 Å². The first-order valence-electron chi connectivity index (χ1n) is 6.73. The van der Waals surface area contributed by atoms with E-state index >= 15 is 0 Å². The van der Waals surface area contributed by atoms with Crippen LogP contribution in [0.1, 0.15) is 18.9 Å². The van der Waals surface area contributed by atoms with Crippen molar-refractivity contribution >= 4 is 11.7 Å². The van der Waals surface area contributed by atoms with Crippen molar-refractivity contribution in [2.24, 2.45) is 0 Å². The molecule has 0 spiro atoms. The Morgan fingerprint density at radius 1 is 1.47 bits per heavy atom. The molecular weight excluding hydrogens is 242 g/mol. The highest BCUT2D eigenvalue weighted by molar-refractivity contribution is 5.89. The van der Waals surface area contributed by atoms with Gasteiger partial charge in [0.15, 0.2) is 0 Å². The predicted molar refractivity (Wildman–Crippen MR) is 75.2 cm³/mol. The number of carbonyl (C=O) groups is 1. The molecule has 0 saturated carbocycles. The van der Waals surface area contributed by atoms with Gasteiger partial charge >= 0.3 is 6.03 Å². The molecule has 1 aromatic rings. The summed E-state index contributed by atoms with van der Waals surface area (Å²) in [7, 11) is 0. The van der Waals surface area contributed by atoms with E-state index in [1.165, 1.54) is 0 Å². The van der Waals surface area contributed by atoms with Gasteiger partial charge in [-0.15, -0.1) is 0 Å². The van der Waals surface area contributed by atoms with Gasteiger partial charge < -0.3 is 20.7 Å². The minimum Gasteiger partial charge on any atom is -0.379 e. The van der Waals surface area contributed by atoms with Crippen LogP contribution >= 0.6 is 0 Å². The SMILES string of the molecule is CCNCc1cccc(NC(=O)NC2CCOC2)c1. The van der Waals surface area contributed by atoms with Gasteiger partial charge in [0, 0.05) is 18.8 Å². The van der Waals surface area contributed by atoms with Crippen LogP contribution in [-0.4, -0.2) is 31.8 Å². The lowest BCUT2D eigenvalue weighted by Crippen LogP contribution is -2.38. The summed E-state index contributed by atoms with van der Waals surface area (Å²) in [5.74, 6) is 0. The third-order valence-electron chi connectivity index (χ3n) is 3.03. The van der Waals surface area contributed by atoms with Gasteiger partial charge in [-0.25, -0.2) is 4.79 Å². The molecular formula is C14H21N3O2. The van der Waals surface area contributed by atoms with Crippen LogP contribution in [0.15, 0.2) is 24.3 Å². The van der Waals surface area contributed by atoms with Crippen LogP contribution in [0, 0.1) is 0 Å². The highest BCUT2D eigenvalue weighted by Crippen LogP contribution is 2.11. The van der Waals surface area contributed by atoms with E-state index in [4.69, 9.17) is 4.74 Å². The molecule has 1 saturated heterocycles. The fourth-order valence-electron chi connectivity index (χ4n) is 2.03. The Labute approximate surface area is 113 Å². The normalized spacial score (nSPS) is 18.3. The molecule has 0 radical (unpaired) electrons. The van der Waals surface area contributed by atoms with Gasteiger partial charge in [0.25, 0.3) is 0 Å². The van der Waals surface area contributed by atoms with Gasteiger partial charge in [0.1, 0.15) is 0 Å². The van der Waals surface area contributed by atoms with Crippen molar-refractivity contribution in [1.82, 2.24) is 10.6 Å². The average molecular weight is 263 g/mol. The largest absolute Gasteiger partial charge is 0.379 e. The lowest BCUT2D eigenvalue weighted by atomic mass is 10.2. The summed E-state index contributed by atoms with van der Waals surface area (Å²) in [6.07, 6.45) is 0.883. The van der Waals surface area contributed by atoms with Gasteiger partial charge in [-0.05, 0) is 30.7 Å². The maximum atomic E-state index is 11.8. The van der Waals surface area contributed by atoms with Crippen LogP contribution in [-0.2, 0) is 11.3 Å². The molecule has 5 nitrogen and oxygen atoms in total. The zero-order chi connectivity index (χ0) is 13.5. The molecule has 3 N–H and O–H groups in total. The summed E-state index contributed by atoms with van der Waals surface area (Å²) in [6.45, 7) is 5.14. The van der Waals surface area contributed by atoms with E-state index in [9.17, 15) is 4.79 Å². The molecule has 5 heteroatoms. The number of benzene rings is 1. The second-order valence-corrected chi connectivity index (χ2v) is 4.64. The first-order valence-corrected chi connectivity index (χ1v) is 6.73. The minimum atomic E-state index is -0.170. The molecule has 0 aromatic heterocycles. The van der Waals surface area contributed by atoms with Crippen molar-refractivity contribution in [2.75, 3.05) is 25.1 Å². The van der Waals surface area contributed by atoms with Crippen LogP contribution in [0.5, 0.6) is 0 Å². The Balaban J connectivity index is 1.85. The van der Waals surface area contributed by atoms with Gasteiger partial charge in [0.05, 0.1) is 12.6 Å². The summed E-state index contributed by atoms with van der Waals surface area (Å²) in [5, 5.41) is 9.01. The van der Waals surface area contributed by atoms with Crippen molar-refractivity contribution in [3.8, 4) is 0 Å². The van der Waals surface area contributed by atoms with E-state index in [1.807, 2.05) is 24.3 Å². The Morgan fingerprint density at radius 3 is 3.11 bits per heavy atom. The Bertz CT molecular complexity index is 417. The molecule has 0 aliphatic carbocycles. The minimum absolute atomic E-state index is 0.130. The maximum absolute atomic E-state index is 11.8. The number of ether oxygens (including phenoxy) is 1. The second kappa shape index (κ2) is 7.11. The van der Waals surface area contributed by atoms with Crippen molar-refractivity contribution in [1.29, 1.82) is 0 Å². The van der Waals surface area contributed by atoms with Gasteiger partial charge in [0.2, 0.25) is 0 Å². The molecule has 1 aromatic carbocycles. The molecule has 1 fully saturated rings. The van der Waals surface area contributed by atoms with Crippen molar-refractivity contribution in [3.63, 3.8) is 0 Å². The third kappa shape index (κ3) is 4.54. The smallest absolute Gasteiger partial charge is 0.319 e. The number of hydrogen-bond acceptors (Lipinski definition) is 3. The van der Waals surface area contributed by atoms with Crippen LogP contribution < -0.4 is 16.0 Å². The monoisotopic (exact) mass is 263 g/mol. The quantitative estimate of drug-likeness (QED) is 0.758. The molecule has 2 rings (SSSR count). The number of rotatable bonds is 5. The number of hydrogen-bond donors (Lipinski definition) is 3. The molecule has 19 heavy (non-hydrogen) atoms. The van der Waals surface area contributed by atoms with Gasteiger partial charge in [-0.2, -0.15) is 0 Å². The zero-order valence-electron chi connectivity index (χ0n) is 11.2. The Hall–Kier alpha value is -1.59. The third-order valence-corrected chi connectivity index (χ3v) is 3.03. The number of nitrogens with one attached hydrogen (secondary N) is 3. The first kappa shape index (κ1) is 13.8. The van der Waals surface area contributed by atoms with E-state index in [0.717, 1.165) is 37.4 Å². The Kier molecular flexibility index (Phi) is 5.18. The second-order valence-electron chi connectivity index (χ2n) is 4.64. The molecule has 1 aliphatic heterocycles. The Morgan fingerprint density at radius 2 is 2.37 bits per heavy atom. The average Bonchev–Trinajstić information content (AvgIpc) is 2.89. The standard InChI is InChI=1S/C14H21N3O2/c1-2-15-9-11-4-3-5-12(8-11)16-14(18)17-13-6-7-19-10-13/h3-5,8,13,15H,2,6-7,9-10H2,1H3,(H2,16,17,18). The highest BCUT2D eigenvalue weighted by Gasteiger charge is 2.17. The molecule has 1 aliphatic rings. The first-order chi connectivity index (χ1) is 9.28. The molecule has 0 bridgehead atoms. The van der Waals surface area contributed by atoms with Crippen molar-refractivity contribution in [2.45, 2.75) is 25.9 Å². The molecule has 1 heterocycles. The predicted octanol–water partition coefficient (Wildman–Crippen LogP) is 1.71. The van der Waals surface area contributed by atoms with Gasteiger partial charge in [-0.3, -0.25) is 0 Å². The fraction of sp³-hybridized carbons (Fsp3) is 0.500. The van der Waals surface area contributed by atoms with Crippen LogP contribution in [0.4, 0.5) is 10.5 Å². The zero-order valence-corrected chi connectivity index (χ0v) is 11.2. The number of amides is 2. The molecule has 104 valence electrons. The highest BCUT2D eigenvalue weighted by atomic mass is 16.5. The van der Waals surface area contributed by atoms with Gasteiger partial charge in [-0.1, -0.05) is 19.1 Å². The van der Waals surface area contributed by atoms with E-state index in [1.54, 1.807) is 0 Å². The molecule has 2 amide bonds. The molecule has 1 unspecified atom stereocenters. The van der Waals surface area contributed by atoms with E-state index in [-0.39, 0.29) is 12.1 Å². The van der Waals surface area contributed by atoms with E-state index in [0.29, 0.717) is 6.61 Å². The lowest BCUT2D eigenvalue weighted by Gasteiger charge is -2.12. The maximum Gasteiger partial charge on any atom is 0.319 e. The molecule has 1 atom stereocenters. The van der Waals surface area contributed by atoms with Crippen LogP contribution in [0.25, 0.3) is 0 Å². The lowest BCUT2D eigenvalue weighted by molar-refractivity contribution is 0.189. The van der Waals surface area contributed by atoms with Crippen molar-refractivity contribution < 1.29 is 9.53 Å². The van der Waals surface area contributed by atoms with E-state index < -0.39 is 0 Å². The summed E-state index contributed by atoms with van der Waals surface area (Å²) in [6, 6.07) is 7.81. The topological polar surface area (TPSA) is 62.4 Å². The summed E-state index contributed by atoms with van der Waals surface area (Å²) >= 11 is 0. The number of anilines is 1. The van der Waals surface area contributed by atoms with Crippen molar-refractivity contribution in [3.05, 3.63) is 29.8 Å².